The van der Waals surface area contributed by atoms with E-state index < -0.39 is 0 Å². The molecule has 0 atom stereocenters. The average Bonchev–Trinajstić information content (AvgIpc) is 3.76. The van der Waals surface area contributed by atoms with E-state index in [4.69, 9.17) is 0 Å². The molecule has 1 aliphatic rings. The topological polar surface area (TPSA) is 11.4 Å². The molecule has 1 aromatic heterocycles. The van der Waals surface area contributed by atoms with Crippen LogP contribution in [0.15, 0.2) is 273 Å². The Morgan fingerprint density at radius 2 is 0.841 bits per heavy atom. The zero-order valence-corrected chi connectivity index (χ0v) is 38.2. The minimum Gasteiger partial charge on any atom is -0.310 e. The Balaban J connectivity index is 1.05. The van der Waals surface area contributed by atoms with Crippen molar-refractivity contribution < 1.29 is 0 Å². The van der Waals surface area contributed by atoms with Gasteiger partial charge in [0.1, 0.15) is 0 Å². The Hall–Kier alpha value is -8.92. The summed E-state index contributed by atoms with van der Waals surface area (Å²) in [5.74, 6) is 0. The second kappa shape index (κ2) is 18.4. The lowest BCUT2D eigenvalue weighted by Gasteiger charge is -2.32. The fraction of sp³-hybridized carbons (Fsp3) is 0.0303. The van der Waals surface area contributed by atoms with Crippen molar-refractivity contribution in [1.29, 1.82) is 0 Å². The van der Waals surface area contributed by atoms with Crippen LogP contribution in [0.4, 0.5) is 34.1 Å². The molecule has 11 aromatic rings. The van der Waals surface area contributed by atoms with Crippen LogP contribution in [-0.2, 0) is 0 Å². The van der Waals surface area contributed by atoms with Crippen LogP contribution in [0.3, 0.4) is 0 Å². The van der Waals surface area contributed by atoms with Crippen molar-refractivity contribution in [2.45, 2.75) is 12.8 Å². The van der Waals surface area contributed by atoms with Crippen LogP contribution >= 0.6 is 0 Å². The summed E-state index contributed by atoms with van der Waals surface area (Å²) in [6, 6.07) is 92.6. The number of para-hydroxylation sites is 6. The lowest BCUT2D eigenvalue weighted by molar-refractivity contribution is 1.05. The molecule has 1 heterocycles. The van der Waals surface area contributed by atoms with Gasteiger partial charge in [0.2, 0.25) is 0 Å². The predicted octanol–water partition coefficient (Wildman–Crippen LogP) is 18.5. The molecule has 3 heteroatoms. The van der Waals surface area contributed by atoms with Crippen molar-refractivity contribution in [3.05, 3.63) is 279 Å². The SMILES string of the molecule is C1=CCCC(c2ccccc2N(c2ccccc2)c2cc(-c3ccc(-c4ccc5c(c4)c4ccccc4n5-c4ccccc4)cc3)cc(N(c3ccccc3)c3ccccc3-c3ccccc3)c2)=C1. The lowest BCUT2D eigenvalue weighted by atomic mass is 9.94. The fourth-order valence-electron chi connectivity index (χ4n) is 10.2. The van der Waals surface area contributed by atoms with Gasteiger partial charge in [-0.15, -0.1) is 0 Å². The van der Waals surface area contributed by atoms with Crippen LogP contribution in [0.25, 0.3) is 66.4 Å². The van der Waals surface area contributed by atoms with Crippen molar-refractivity contribution in [3.8, 4) is 39.1 Å². The smallest absolute Gasteiger partial charge is 0.0541 e. The Bertz CT molecular complexity index is 3650. The number of allylic oxidation sites excluding steroid dienone is 4. The molecule has 0 unspecified atom stereocenters. The minimum atomic E-state index is 0.994. The van der Waals surface area contributed by atoms with Crippen LogP contribution < -0.4 is 9.80 Å². The van der Waals surface area contributed by atoms with Gasteiger partial charge in [0.25, 0.3) is 0 Å². The monoisotopic (exact) mass is 883 g/mol. The highest BCUT2D eigenvalue weighted by Crippen LogP contribution is 2.47. The fourth-order valence-corrected chi connectivity index (χ4v) is 10.2. The summed E-state index contributed by atoms with van der Waals surface area (Å²) in [5.41, 5.74) is 19.6. The zero-order valence-electron chi connectivity index (χ0n) is 38.2. The molecule has 0 aliphatic heterocycles. The number of anilines is 6. The molecule has 3 nitrogen and oxygen atoms in total. The van der Waals surface area contributed by atoms with E-state index in [0.29, 0.717) is 0 Å². The zero-order chi connectivity index (χ0) is 45.9. The molecule has 1 aliphatic carbocycles. The molecular weight excluding hydrogens is 835 g/mol. The molecule has 0 bridgehead atoms. The molecule has 0 saturated heterocycles. The van der Waals surface area contributed by atoms with Gasteiger partial charge in [-0.25, -0.2) is 0 Å². The summed E-state index contributed by atoms with van der Waals surface area (Å²) in [6.07, 6.45) is 8.77. The van der Waals surface area contributed by atoms with Crippen molar-refractivity contribution in [1.82, 2.24) is 4.57 Å². The van der Waals surface area contributed by atoms with Gasteiger partial charge in [-0.05, 0) is 131 Å². The molecule has 0 N–H and O–H groups in total. The lowest BCUT2D eigenvalue weighted by Crippen LogP contribution is -2.15. The predicted molar refractivity (Wildman–Crippen MR) is 293 cm³/mol. The van der Waals surface area contributed by atoms with E-state index in [2.05, 4.69) is 287 Å². The molecule has 0 radical (unpaired) electrons. The van der Waals surface area contributed by atoms with E-state index in [1.54, 1.807) is 0 Å². The summed E-state index contributed by atoms with van der Waals surface area (Å²) >= 11 is 0. The second-order valence-corrected chi connectivity index (χ2v) is 17.6. The van der Waals surface area contributed by atoms with Gasteiger partial charge in [0.15, 0.2) is 0 Å². The number of hydrogen-bond donors (Lipinski definition) is 0. The molecule has 0 saturated carbocycles. The van der Waals surface area contributed by atoms with E-state index in [1.165, 1.54) is 49.6 Å². The van der Waals surface area contributed by atoms with E-state index in [0.717, 1.165) is 69.3 Å². The summed E-state index contributed by atoms with van der Waals surface area (Å²) in [6.45, 7) is 0. The first-order valence-electron chi connectivity index (χ1n) is 23.9. The van der Waals surface area contributed by atoms with Crippen molar-refractivity contribution in [2.75, 3.05) is 9.80 Å². The normalized spacial score (nSPS) is 12.3. The van der Waals surface area contributed by atoms with Crippen LogP contribution in [-0.4, -0.2) is 4.57 Å². The van der Waals surface area contributed by atoms with Gasteiger partial charge >= 0.3 is 0 Å². The van der Waals surface area contributed by atoms with Crippen molar-refractivity contribution >= 4 is 61.5 Å². The van der Waals surface area contributed by atoms with Gasteiger partial charge in [-0.1, -0.05) is 188 Å². The number of rotatable bonds is 11. The Kier molecular flexibility index (Phi) is 11.1. The number of hydrogen-bond acceptors (Lipinski definition) is 2. The van der Waals surface area contributed by atoms with E-state index >= 15 is 0 Å². The second-order valence-electron chi connectivity index (χ2n) is 17.6. The van der Waals surface area contributed by atoms with Gasteiger partial charge in [-0.3, -0.25) is 0 Å². The third-order valence-corrected chi connectivity index (χ3v) is 13.4. The van der Waals surface area contributed by atoms with Gasteiger partial charge in [0.05, 0.1) is 22.4 Å². The third kappa shape index (κ3) is 8.00. The molecule has 10 aromatic carbocycles. The molecule has 0 amide bonds. The summed E-state index contributed by atoms with van der Waals surface area (Å²) in [5, 5.41) is 2.49. The van der Waals surface area contributed by atoms with Gasteiger partial charge in [0, 0.05) is 50.3 Å². The highest BCUT2D eigenvalue weighted by Gasteiger charge is 2.23. The molecular formula is C66H49N3. The van der Waals surface area contributed by atoms with Gasteiger partial charge < -0.3 is 14.4 Å². The number of fused-ring (bicyclic) bond motifs is 3. The molecule has 328 valence electrons. The van der Waals surface area contributed by atoms with E-state index in [9.17, 15) is 0 Å². The first-order valence-corrected chi connectivity index (χ1v) is 23.9. The molecule has 12 rings (SSSR count). The maximum absolute atomic E-state index is 2.45. The summed E-state index contributed by atoms with van der Waals surface area (Å²) < 4.78 is 2.37. The van der Waals surface area contributed by atoms with Crippen LogP contribution in [0, 0.1) is 0 Å². The highest BCUT2D eigenvalue weighted by molar-refractivity contribution is 6.10. The van der Waals surface area contributed by atoms with Crippen LogP contribution in [0.5, 0.6) is 0 Å². The quantitative estimate of drug-likeness (QED) is 0.128. The standard InChI is InChI=1S/C66H49N3/c1-6-22-50(23-7-1)59-32-16-19-35-63(59)67(54-26-10-3-11-27-54)57-44-53(45-58(47-57)68(55-28-12-4-13-29-55)64-36-20-17-33-60(64)51-24-8-2-9-25-51)49-40-38-48(39-41-49)52-42-43-66-62(46-52)61-34-18-21-37-65(61)69(66)56-30-14-5-15-31-56/h1-8,10-24,26-47H,9,25H2. The third-order valence-electron chi connectivity index (χ3n) is 13.4. The Labute approximate surface area is 404 Å². The summed E-state index contributed by atoms with van der Waals surface area (Å²) in [7, 11) is 0. The largest absolute Gasteiger partial charge is 0.310 e. The average molecular weight is 884 g/mol. The Morgan fingerprint density at radius 3 is 1.48 bits per heavy atom. The van der Waals surface area contributed by atoms with Crippen LogP contribution in [0.1, 0.15) is 18.4 Å². The van der Waals surface area contributed by atoms with Crippen molar-refractivity contribution in [3.63, 3.8) is 0 Å². The minimum absolute atomic E-state index is 0.994. The van der Waals surface area contributed by atoms with Crippen LogP contribution in [0.2, 0.25) is 0 Å². The van der Waals surface area contributed by atoms with Gasteiger partial charge in [-0.2, -0.15) is 0 Å². The van der Waals surface area contributed by atoms with E-state index in [-0.39, 0.29) is 0 Å². The number of aromatic nitrogens is 1. The van der Waals surface area contributed by atoms with Crippen molar-refractivity contribution in [2.24, 2.45) is 0 Å². The highest BCUT2D eigenvalue weighted by atomic mass is 15.2. The summed E-state index contributed by atoms with van der Waals surface area (Å²) in [4.78, 5) is 4.87. The number of benzene rings is 10. The first kappa shape index (κ1) is 41.5. The van der Waals surface area contributed by atoms with E-state index in [1.807, 2.05) is 0 Å². The molecule has 0 fully saturated rings. The maximum Gasteiger partial charge on any atom is 0.0541 e. The first-order chi connectivity index (χ1) is 34.2. The molecule has 69 heavy (non-hydrogen) atoms. The molecule has 0 spiro atoms. The number of nitrogens with zero attached hydrogens (tertiary/aromatic N) is 3. The Morgan fingerprint density at radius 1 is 0.333 bits per heavy atom. The maximum atomic E-state index is 2.45.